The number of aliphatic hydroxyl groups is 3. The van der Waals surface area contributed by atoms with Crippen molar-refractivity contribution >= 4 is 34.7 Å². The van der Waals surface area contributed by atoms with Crippen LogP contribution >= 0.6 is 0 Å². The normalized spacial score (nSPS) is 27.0. The molecule has 4 N–H and O–H groups in total. The Morgan fingerprint density at radius 2 is 1.66 bits per heavy atom. The van der Waals surface area contributed by atoms with Gasteiger partial charge in [0.05, 0.1) is 5.56 Å². The van der Waals surface area contributed by atoms with Gasteiger partial charge >= 0.3 is 0 Å². The Morgan fingerprint density at radius 1 is 0.979 bits per heavy atom. The molecule has 4 atom stereocenters. The van der Waals surface area contributed by atoms with Crippen molar-refractivity contribution in [2.45, 2.75) is 85.7 Å². The Hall–Kier alpha value is -4.37. The van der Waals surface area contributed by atoms with E-state index in [-0.39, 0.29) is 54.1 Å². The summed E-state index contributed by atoms with van der Waals surface area (Å²) in [6.07, 6.45) is 1.45. The number of Topliss-reactive ketones (excluding diaryl/α,β-unsaturated/α-hetero) is 5. The van der Waals surface area contributed by atoms with Gasteiger partial charge in [-0.25, -0.2) is 0 Å². The number of carbonyl (C=O) groups excluding carboxylic acids is 5. The van der Waals surface area contributed by atoms with Crippen LogP contribution in [0.3, 0.4) is 0 Å². The van der Waals surface area contributed by atoms with E-state index in [1.165, 1.54) is 6.07 Å². The first-order valence-corrected chi connectivity index (χ1v) is 16.1. The fourth-order valence-electron chi connectivity index (χ4n) is 8.65. The number of aromatic hydroxyl groups is 1. The Labute approximate surface area is 274 Å². The number of aliphatic hydroxyl groups excluding tert-OH is 2. The van der Waals surface area contributed by atoms with E-state index in [9.17, 15) is 44.4 Å². The van der Waals surface area contributed by atoms with Gasteiger partial charge in [0.2, 0.25) is 5.78 Å². The van der Waals surface area contributed by atoms with E-state index in [4.69, 9.17) is 0 Å². The first-order chi connectivity index (χ1) is 21.9. The molecule has 1 fully saturated rings. The van der Waals surface area contributed by atoms with Crippen LogP contribution in [0.1, 0.15) is 95.1 Å². The van der Waals surface area contributed by atoms with Gasteiger partial charge in [0.15, 0.2) is 23.0 Å². The average Bonchev–Trinajstić information content (AvgIpc) is 2.97. The molecule has 0 spiro atoms. The molecule has 9 nitrogen and oxygen atoms in total. The second-order valence-electron chi connectivity index (χ2n) is 14.2. The molecule has 3 aliphatic rings. The lowest BCUT2D eigenvalue weighted by molar-refractivity contribution is -0.178. The van der Waals surface area contributed by atoms with Crippen LogP contribution in [0.5, 0.6) is 5.75 Å². The van der Waals surface area contributed by atoms with Gasteiger partial charge in [-0.3, -0.25) is 24.0 Å². The largest absolute Gasteiger partial charge is 0.508 e. The minimum atomic E-state index is -2.68. The maximum absolute atomic E-state index is 14.5. The number of allylic oxidation sites excluding steroid dienone is 1. The van der Waals surface area contributed by atoms with Crippen molar-refractivity contribution in [1.29, 1.82) is 0 Å². The molecule has 0 bridgehead atoms. The number of phenols is 1. The maximum atomic E-state index is 14.5. The van der Waals surface area contributed by atoms with Crippen LogP contribution in [-0.4, -0.2) is 54.9 Å². The van der Waals surface area contributed by atoms with Crippen LogP contribution in [0.4, 0.5) is 0 Å². The average molecular weight is 643 g/mol. The maximum Gasteiger partial charge on any atom is 0.203 e. The number of hydrogen-bond acceptors (Lipinski definition) is 9. The minimum Gasteiger partial charge on any atom is -0.508 e. The summed E-state index contributed by atoms with van der Waals surface area (Å²) in [6.45, 7) is 9.82. The molecule has 9 heteroatoms. The lowest BCUT2D eigenvalue weighted by Crippen LogP contribution is -2.69. The summed E-state index contributed by atoms with van der Waals surface area (Å²) < 4.78 is 0. The number of phenolic OH excluding ortho intramolecular Hbond substituents is 1. The quantitative estimate of drug-likeness (QED) is 0.184. The molecule has 1 saturated carbocycles. The number of hydrogen-bond donors (Lipinski definition) is 4. The Kier molecular flexibility index (Phi) is 8.46. The van der Waals surface area contributed by atoms with Gasteiger partial charge in [-0.1, -0.05) is 58.9 Å². The van der Waals surface area contributed by atoms with Gasteiger partial charge in [0.1, 0.15) is 28.6 Å². The molecular weight excluding hydrogens is 600 g/mol. The van der Waals surface area contributed by atoms with Crippen LogP contribution in [0.15, 0.2) is 53.3 Å². The van der Waals surface area contributed by atoms with Crippen LogP contribution in [-0.2, 0) is 25.6 Å². The molecule has 0 aromatic heterocycles. The van der Waals surface area contributed by atoms with E-state index in [0.29, 0.717) is 35.1 Å². The lowest BCUT2D eigenvalue weighted by atomic mass is 9.43. The molecular formula is C38H42O9. The second kappa shape index (κ2) is 11.7. The van der Waals surface area contributed by atoms with Crippen LogP contribution in [0, 0.1) is 22.7 Å². The zero-order valence-corrected chi connectivity index (χ0v) is 27.7. The predicted molar refractivity (Wildman–Crippen MR) is 175 cm³/mol. The molecule has 2 aromatic carbocycles. The molecule has 0 aliphatic heterocycles. The number of fused-ring (bicyclic) bond motifs is 3. The highest BCUT2D eigenvalue weighted by Crippen LogP contribution is 2.65. The Morgan fingerprint density at radius 3 is 2.28 bits per heavy atom. The lowest BCUT2D eigenvalue weighted by Gasteiger charge is -2.59. The van der Waals surface area contributed by atoms with E-state index >= 15 is 0 Å². The predicted octanol–water partition coefficient (Wildman–Crippen LogP) is 6.19. The zero-order chi connectivity index (χ0) is 34.8. The SMILES string of the molecule is CCCC(=O)CCC(=O)c1cccc(-c2ccc(O)c3c2C[C@]2(C)C[C@]4(C)C(C(C)C)C(=O)C(C(C)=O)=C(O)[C@]4(O)C(=O)C2=C3O)c1. The van der Waals surface area contributed by atoms with Gasteiger partial charge in [-0.2, -0.15) is 0 Å². The fourth-order valence-corrected chi connectivity index (χ4v) is 8.65. The first kappa shape index (κ1) is 34.0. The van der Waals surface area contributed by atoms with Crippen molar-refractivity contribution < 1.29 is 44.4 Å². The molecule has 47 heavy (non-hydrogen) atoms. The summed E-state index contributed by atoms with van der Waals surface area (Å²) in [7, 11) is 0. The Bertz CT molecular complexity index is 1810. The van der Waals surface area contributed by atoms with Crippen molar-refractivity contribution in [2.24, 2.45) is 22.7 Å². The molecule has 0 amide bonds. The number of rotatable bonds is 9. The molecule has 248 valence electrons. The van der Waals surface area contributed by atoms with Gasteiger partial charge in [-0.15, -0.1) is 0 Å². The van der Waals surface area contributed by atoms with Crippen molar-refractivity contribution in [3.8, 4) is 16.9 Å². The third kappa shape index (κ3) is 4.98. The van der Waals surface area contributed by atoms with Crippen molar-refractivity contribution in [1.82, 2.24) is 0 Å². The summed E-state index contributed by atoms with van der Waals surface area (Å²) in [6, 6.07) is 9.91. The zero-order valence-electron chi connectivity index (χ0n) is 27.7. The smallest absolute Gasteiger partial charge is 0.203 e. The third-order valence-electron chi connectivity index (χ3n) is 10.5. The standard InChI is InChI=1S/C38H42O9/c1-7-9-23(40)12-14-26(41)22-11-8-10-21(16-22)24-13-15-27(42)29-25(24)17-36(5)18-37(6)30(19(2)3)32(43)28(20(4)39)34(45)38(37,47)35(46)31(36)33(29)44/h8,10-11,13,15-16,19,30,42,44-45,47H,7,9,12,14,17-18H2,1-6H3/t30?,36-,37-,38+/m1/s1. The van der Waals surface area contributed by atoms with Crippen LogP contribution < -0.4 is 0 Å². The molecule has 2 aromatic rings. The van der Waals surface area contributed by atoms with Crippen molar-refractivity contribution in [3.05, 3.63) is 70.0 Å². The molecule has 5 rings (SSSR count). The topological polar surface area (TPSA) is 166 Å². The van der Waals surface area contributed by atoms with E-state index < -0.39 is 62.7 Å². The minimum absolute atomic E-state index is 0.0139. The number of carbonyl (C=O) groups is 5. The van der Waals surface area contributed by atoms with E-state index in [0.717, 1.165) is 6.92 Å². The Balaban J connectivity index is 1.67. The number of ketones is 5. The van der Waals surface area contributed by atoms with Gasteiger partial charge in [0, 0.05) is 47.1 Å². The second-order valence-corrected chi connectivity index (χ2v) is 14.2. The highest BCUT2D eigenvalue weighted by Gasteiger charge is 2.72. The first-order valence-electron chi connectivity index (χ1n) is 16.1. The molecule has 0 heterocycles. The van der Waals surface area contributed by atoms with Gasteiger partial charge in [0.25, 0.3) is 0 Å². The van der Waals surface area contributed by atoms with Gasteiger partial charge < -0.3 is 20.4 Å². The monoisotopic (exact) mass is 642 g/mol. The summed E-state index contributed by atoms with van der Waals surface area (Å²) in [5.74, 6) is -5.93. The number of benzene rings is 2. The van der Waals surface area contributed by atoms with E-state index in [1.54, 1.807) is 58.0 Å². The van der Waals surface area contributed by atoms with Crippen LogP contribution in [0.2, 0.25) is 0 Å². The summed E-state index contributed by atoms with van der Waals surface area (Å²) in [5.41, 5.74) is -4.12. The highest BCUT2D eigenvalue weighted by molar-refractivity contribution is 6.24. The van der Waals surface area contributed by atoms with E-state index in [1.807, 2.05) is 6.92 Å². The summed E-state index contributed by atoms with van der Waals surface area (Å²) >= 11 is 0. The van der Waals surface area contributed by atoms with Crippen molar-refractivity contribution in [3.63, 3.8) is 0 Å². The van der Waals surface area contributed by atoms with Crippen molar-refractivity contribution in [2.75, 3.05) is 0 Å². The molecule has 3 aliphatic carbocycles. The van der Waals surface area contributed by atoms with Crippen LogP contribution in [0.25, 0.3) is 16.9 Å². The fraction of sp³-hybridized carbons (Fsp3) is 0.447. The van der Waals surface area contributed by atoms with E-state index in [2.05, 4.69) is 0 Å². The summed E-state index contributed by atoms with van der Waals surface area (Å²) in [4.78, 5) is 65.9. The summed E-state index contributed by atoms with van der Waals surface area (Å²) in [5, 5.41) is 46.4. The molecule has 1 unspecified atom stereocenters. The highest BCUT2D eigenvalue weighted by atomic mass is 16.3. The van der Waals surface area contributed by atoms with Gasteiger partial charge in [-0.05, 0) is 60.9 Å². The molecule has 0 radical (unpaired) electrons. The third-order valence-corrected chi connectivity index (χ3v) is 10.5. The molecule has 0 saturated heterocycles.